The highest BCUT2D eigenvalue weighted by atomic mass is 16.5. The Bertz CT molecular complexity index is 2530. The van der Waals surface area contributed by atoms with Crippen LogP contribution in [0.1, 0.15) is 68.4 Å². The average Bonchev–Trinajstić information content (AvgIpc) is 4.09. The summed E-state index contributed by atoms with van der Waals surface area (Å²) >= 11 is 0. The Labute approximate surface area is 349 Å². The van der Waals surface area contributed by atoms with Crippen molar-refractivity contribution in [2.24, 2.45) is 5.92 Å². The Morgan fingerprint density at radius 2 is 1.52 bits per heavy atom. The van der Waals surface area contributed by atoms with E-state index in [1.165, 1.54) is 7.11 Å². The minimum Gasteiger partial charge on any atom is -0.453 e. The number of alkyl carbamates (subject to hydrolysis) is 1. The molecule has 6 aromatic rings. The zero-order valence-corrected chi connectivity index (χ0v) is 34.5. The maximum absolute atomic E-state index is 13.9. The molecule has 13 nitrogen and oxygen atoms in total. The lowest BCUT2D eigenvalue weighted by Gasteiger charge is -2.31. The van der Waals surface area contributed by atoms with Gasteiger partial charge < -0.3 is 29.8 Å². The van der Waals surface area contributed by atoms with E-state index in [1.807, 2.05) is 86.4 Å². The number of H-pyrrole nitrogens is 2. The SMILES string of the molecule is COC(=O)NC(C(=O)N1CCCC1c1nc(-c2ccc3cc(-c4ccc(-c5cnc(C6CC(=O)CN6C(=O)C(c6ccccc6)N(C)C)[nH]5)cc4)ccc3c2)c[nH]1)C(C)C. The molecule has 2 saturated heterocycles. The van der Waals surface area contributed by atoms with Crippen LogP contribution >= 0.6 is 0 Å². The number of benzene rings is 4. The lowest BCUT2D eigenvalue weighted by Crippen LogP contribution is -2.51. The minimum atomic E-state index is -0.690. The smallest absolute Gasteiger partial charge is 0.407 e. The summed E-state index contributed by atoms with van der Waals surface area (Å²) < 4.78 is 4.77. The zero-order valence-electron chi connectivity index (χ0n) is 34.5. The molecule has 4 heterocycles. The third-order valence-electron chi connectivity index (χ3n) is 11.7. The maximum atomic E-state index is 13.9. The third kappa shape index (κ3) is 8.04. The number of hydrogen-bond acceptors (Lipinski definition) is 8. The van der Waals surface area contributed by atoms with Crippen LogP contribution in [0, 0.1) is 5.92 Å². The number of nitrogens with zero attached hydrogens (tertiary/aromatic N) is 5. The number of aromatic amines is 2. The van der Waals surface area contributed by atoms with Crippen LogP contribution in [-0.2, 0) is 19.1 Å². The zero-order chi connectivity index (χ0) is 42.1. The molecule has 3 N–H and O–H groups in total. The predicted molar refractivity (Wildman–Crippen MR) is 229 cm³/mol. The van der Waals surface area contributed by atoms with Gasteiger partial charge in [-0.05, 0) is 78.0 Å². The lowest BCUT2D eigenvalue weighted by molar-refractivity contribution is -0.138. The van der Waals surface area contributed by atoms with E-state index >= 15 is 0 Å². The molecule has 2 fully saturated rings. The van der Waals surface area contributed by atoms with Crippen molar-refractivity contribution in [2.75, 3.05) is 34.3 Å². The second-order valence-electron chi connectivity index (χ2n) is 16.3. The van der Waals surface area contributed by atoms with Gasteiger partial charge in [-0.25, -0.2) is 14.8 Å². The van der Waals surface area contributed by atoms with Gasteiger partial charge in [0.05, 0.1) is 43.3 Å². The van der Waals surface area contributed by atoms with Gasteiger partial charge in [-0.1, -0.05) is 92.7 Å². The highest BCUT2D eigenvalue weighted by Gasteiger charge is 2.41. The molecule has 0 saturated carbocycles. The Hall–Kier alpha value is -6.60. The minimum absolute atomic E-state index is 0.0111. The number of rotatable bonds is 11. The number of carbonyl (C=O) groups is 4. The molecule has 4 aromatic carbocycles. The van der Waals surface area contributed by atoms with E-state index < -0.39 is 24.2 Å². The van der Waals surface area contributed by atoms with E-state index in [-0.39, 0.29) is 42.5 Å². The summed E-state index contributed by atoms with van der Waals surface area (Å²) in [5.74, 6) is 0.962. The number of amides is 3. The van der Waals surface area contributed by atoms with Crippen LogP contribution in [0.25, 0.3) is 44.4 Å². The number of hydrogen-bond donors (Lipinski definition) is 3. The van der Waals surface area contributed by atoms with Crippen molar-refractivity contribution in [3.8, 4) is 33.6 Å². The first-order valence-corrected chi connectivity index (χ1v) is 20.4. The van der Waals surface area contributed by atoms with Crippen molar-refractivity contribution in [3.05, 3.63) is 121 Å². The van der Waals surface area contributed by atoms with Crippen LogP contribution in [0.4, 0.5) is 4.79 Å². The number of likely N-dealkylation sites (N-methyl/N-ethyl adjacent to an activating group) is 1. The summed E-state index contributed by atoms with van der Waals surface area (Å²) in [5.41, 5.74) is 6.54. The van der Waals surface area contributed by atoms with Gasteiger partial charge in [0.1, 0.15) is 23.7 Å². The van der Waals surface area contributed by atoms with Gasteiger partial charge in [0, 0.05) is 24.7 Å². The molecule has 0 bridgehead atoms. The normalized spacial score (nSPS) is 17.8. The molecule has 3 amide bonds. The van der Waals surface area contributed by atoms with Crippen LogP contribution in [0.3, 0.4) is 0 Å². The van der Waals surface area contributed by atoms with E-state index in [0.29, 0.717) is 12.4 Å². The summed E-state index contributed by atoms with van der Waals surface area (Å²) in [6.07, 6.45) is 4.88. The van der Waals surface area contributed by atoms with Crippen LogP contribution in [0.5, 0.6) is 0 Å². The summed E-state index contributed by atoms with van der Waals surface area (Å²) in [6.45, 7) is 4.46. The second-order valence-corrected chi connectivity index (χ2v) is 16.3. The van der Waals surface area contributed by atoms with Crippen molar-refractivity contribution < 1.29 is 23.9 Å². The molecule has 4 unspecified atom stereocenters. The topological polar surface area (TPSA) is 157 Å². The first kappa shape index (κ1) is 40.2. The number of imidazole rings is 2. The molecule has 0 spiro atoms. The Morgan fingerprint density at radius 3 is 2.22 bits per heavy atom. The summed E-state index contributed by atoms with van der Waals surface area (Å²) in [7, 11) is 5.04. The fourth-order valence-electron chi connectivity index (χ4n) is 8.55. The number of carbonyl (C=O) groups excluding carboxylic acids is 4. The van der Waals surface area contributed by atoms with Crippen LogP contribution in [0.15, 0.2) is 103 Å². The number of ketones is 1. The summed E-state index contributed by atoms with van der Waals surface area (Å²) in [6, 6.07) is 28.7. The van der Waals surface area contributed by atoms with Crippen LogP contribution < -0.4 is 5.32 Å². The van der Waals surface area contributed by atoms with Gasteiger partial charge in [0.2, 0.25) is 11.8 Å². The predicted octanol–water partition coefficient (Wildman–Crippen LogP) is 7.48. The lowest BCUT2D eigenvalue weighted by atomic mass is 9.98. The molecule has 60 heavy (non-hydrogen) atoms. The van der Waals surface area contributed by atoms with E-state index in [2.05, 4.69) is 68.8 Å². The molecule has 308 valence electrons. The molecule has 0 aliphatic carbocycles. The van der Waals surface area contributed by atoms with Crippen molar-refractivity contribution in [3.63, 3.8) is 0 Å². The molecular weight excluding hydrogens is 757 g/mol. The maximum Gasteiger partial charge on any atom is 0.407 e. The number of fused-ring (bicyclic) bond motifs is 1. The average molecular weight is 807 g/mol. The van der Waals surface area contributed by atoms with Crippen molar-refractivity contribution in [2.45, 2.75) is 57.3 Å². The quantitative estimate of drug-likeness (QED) is 0.122. The van der Waals surface area contributed by atoms with E-state index in [9.17, 15) is 19.2 Å². The van der Waals surface area contributed by atoms with Crippen LogP contribution in [-0.4, -0.2) is 98.7 Å². The van der Waals surface area contributed by atoms with Crippen LogP contribution in [0.2, 0.25) is 0 Å². The van der Waals surface area contributed by atoms with Gasteiger partial charge >= 0.3 is 6.09 Å². The first-order chi connectivity index (χ1) is 29.0. The molecular formula is C47H50N8O5. The van der Waals surface area contributed by atoms with E-state index in [1.54, 1.807) is 11.1 Å². The molecule has 2 aliphatic rings. The van der Waals surface area contributed by atoms with Crippen molar-refractivity contribution in [1.29, 1.82) is 0 Å². The largest absolute Gasteiger partial charge is 0.453 e. The molecule has 2 aromatic heterocycles. The van der Waals surface area contributed by atoms with Gasteiger partial charge in [0.25, 0.3) is 0 Å². The molecule has 0 radical (unpaired) electrons. The Morgan fingerprint density at radius 1 is 0.833 bits per heavy atom. The number of Topliss-reactive ketones (excluding diaryl/α,β-unsaturated/α-hetero) is 1. The highest BCUT2D eigenvalue weighted by Crippen LogP contribution is 2.36. The second kappa shape index (κ2) is 16.9. The van der Waals surface area contributed by atoms with E-state index in [4.69, 9.17) is 9.72 Å². The molecule has 2 aliphatic heterocycles. The highest BCUT2D eigenvalue weighted by molar-refractivity contribution is 5.93. The number of nitrogens with one attached hydrogen (secondary N) is 3. The monoisotopic (exact) mass is 806 g/mol. The third-order valence-corrected chi connectivity index (χ3v) is 11.7. The number of likely N-dealkylation sites (tertiary alicyclic amines) is 2. The van der Waals surface area contributed by atoms with Crippen molar-refractivity contribution >= 4 is 34.5 Å². The van der Waals surface area contributed by atoms with Gasteiger partial charge in [-0.2, -0.15) is 0 Å². The van der Waals surface area contributed by atoms with Gasteiger partial charge in [0.15, 0.2) is 5.78 Å². The summed E-state index contributed by atoms with van der Waals surface area (Å²) in [5, 5.41) is 4.87. The fourth-order valence-corrected chi connectivity index (χ4v) is 8.55. The molecule has 13 heteroatoms. The number of ether oxygens (including phenoxy) is 1. The van der Waals surface area contributed by atoms with Gasteiger partial charge in [-0.15, -0.1) is 0 Å². The number of aromatic nitrogens is 4. The number of methoxy groups -OCH3 is 1. The fraction of sp³-hybridized carbons (Fsp3) is 0.319. The molecule has 8 rings (SSSR count). The van der Waals surface area contributed by atoms with Gasteiger partial charge in [-0.3, -0.25) is 19.3 Å². The van der Waals surface area contributed by atoms with Crippen molar-refractivity contribution in [1.82, 2.24) is 40.0 Å². The molecule has 4 atom stereocenters. The first-order valence-electron chi connectivity index (χ1n) is 20.4. The Kier molecular flexibility index (Phi) is 11.3. The Balaban J connectivity index is 0.952. The standard InChI is InChI=1S/C47H50N8O5/c1-28(2)41(52-47(59)60-5)45(57)54-21-9-12-39(54)43-48-26-38(51-43)35-20-19-33-22-32(17-18-34(33)23-35)29-13-15-30(16-14-29)37-25-49-44(50-37)40-24-36(56)27-55(40)46(58)42(53(3)4)31-10-7-6-8-11-31/h6-8,10-11,13-20,22-23,25-26,28,39-42H,9,12,21,24,27H2,1-5H3,(H,48,51)(H,49,50)(H,52,59). The van der Waals surface area contributed by atoms with E-state index in [0.717, 1.165) is 68.6 Å². The summed E-state index contributed by atoms with van der Waals surface area (Å²) in [4.78, 5) is 74.0.